The lowest BCUT2D eigenvalue weighted by atomic mass is 9.97. The van der Waals surface area contributed by atoms with Gasteiger partial charge in [0.15, 0.2) is 6.10 Å². The largest absolute Gasteiger partial charge is 0.458 e. The van der Waals surface area contributed by atoms with E-state index in [-0.39, 0.29) is 36.7 Å². The van der Waals surface area contributed by atoms with Crippen LogP contribution in [0.3, 0.4) is 0 Å². The van der Waals surface area contributed by atoms with Crippen molar-refractivity contribution in [1.29, 1.82) is 0 Å². The highest BCUT2D eigenvalue weighted by molar-refractivity contribution is 5.77. The summed E-state index contributed by atoms with van der Waals surface area (Å²) >= 11 is 0. The van der Waals surface area contributed by atoms with Crippen molar-refractivity contribution < 1.29 is 19.1 Å². The van der Waals surface area contributed by atoms with E-state index in [0.717, 1.165) is 12.8 Å². The molecule has 2 heterocycles. The molecule has 0 aliphatic carbocycles. The Morgan fingerprint density at radius 3 is 2.68 bits per heavy atom. The van der Waals surface area contributed by atoms with Crippen molar-refractivity contribution in [2.24, 2.45) is 0 Å². The van der Waals surface area contributed by atoms with E-state index in [1.54, 1.807) is 4.90 Å². The summed E-state index contributed by atoms with van der Waals surface area (Å²) in [5, 5.41) is 0. The Morgan fingerprint density at radius 1 is 1.18 bits per heavy atom. The molecule has 2 aliphatic rings. The Bertz CT molecular complexity index is 545. The molecular weight excluding hydrogens is 282 g/mol. The standard InChI is InChI=1S/C17H21NO4/c1-2-14-16-13(11-15(19)21-14)18(17(20)22-16)10-6-9-12-7-4-3-5-8-12/h3-5,7-8,13-14,16H,2,6,9-11H2,1H3/t13-,14-,16+/m1/s1. The van der Waals surface area contributed by atoms with E-state index in [1.807, 2.05) is 25.1 Å². The number of ether oxygens (including phenoxy) is 2. The highest BCUT2D eigenvalue weighted by atomic mass is 16.6. The number of nitrogens with zero attached hydrogens (tertiary/aromatic N) is 1. The fourth-order valence-corrected chi connectivity index (χ4v) is 3.25. The smallest absolute Gasteiger partial charge is 0.410 e. The van der Waals surface area contributed by atoms with Crippen LogP contribution < -0.4 is 0 Å². The number of amides is 1. The van der Waals surface area contributed by atoms with E-state index < -0.39 is 0 Å². The van der Waals surface area contributed by atoms with Crippen LogP contribution in [0.4, 0.5) is 4.79 Å². The van der Waals surface area contributed by atoms with Crippen molar-refractivity contribution in [3.8, 4) is 0 Å². The van der Waals surface area contributed by atoms with Crippen LogP contribution in [-0.2, 0) is 20.7 Å². The van der Waals surface area contributed by atoms with Crippen molar-refractivity contribution in [2.75, 3.05) is 6.54 Å². The van der Waals surface area contributed by atoms with Gasteiger partial charge < -0.3 is 14.4 Å². The number of hydrogen-bond donors (Lipinski definition) is 0. The van der Waals surface area contributed by atoms with Crippen LogP contribution in [0, 0.1) is 0 Å². The van der Waals surface area contributed by atoms with E-state index in [0.29, 0.717) is 13.0 Å². The second kappa shape index (κ2) is 6.38. The lowest BCUT2D eigenvalue weighted by Gasteiger charge is -2.32. The fourth-order valence-electron chi connectivity index (χ4n) is 3.25. The van der Waals surface area contributed by atoms with Crippen LogP contribution >= 0.6 is 0 Å². The first kappa shape index (κ1) is 14.9. The predicted molar refractivity (Wildman–Crippen MR) is 80.3 cm³/mol. The summed E-state index contributed by atoms with van der Waals surface area (Å²) in [6.07, 6.45) is 1.72. The molecule has 0 aromatic heterocycles. The number of fused-ring (bicyclic) bond motifs is 1. The number of aryl methyl sites for hydroxylation is 1. The summed E-state index contributed by atoms with van der Waals surface area (Å²) in [6, 6.07) is 10.0. The van der Waals surface area contributed by atoms with E-state index in [4.69, 9.17) is 9.47 Å². The molecule has 2 fully saturated rings. The molecule has 1 aromatic rings. The summed E-state index contributed by atoms with van der Waals surface area (Å²) < 4.78 is 10.7. The van der Waals surface area contributed by atoms with Crippen LogP contribution in [0.25, 0.3) is 0 Å². The maximum Gasteiger partial charge on any atom is 0.410 e. The van der Waals surface area contributed by atoms with Crippen molar-refractivity contribution in [3.05, 3.63) is 35.9 Å². The summed E-state index contributed by atoms with van der Waals surface area (Å²) in [6.45, 7) is 2.55. The van der Waals surface area contributed by atoms with Crippen LogP contribution in [0.2, 0.25) is 0 Å². The van der Waals surface area contributed by atoms with Crippen molar-refractivity contribution in [2.45, 2.75) is 50.9 Å². The highest BCUT2D eigenvalue weighted by Crippen LogP contribution is 2.31. The molecule has 1 aromatic carbocycles. The molecule has 0 saturated carbocycles. The maximum atomic E-state index is 12.1. The minimum atomic E-state index is -0.320. The molecule has 0 spiro atoms. The Hall–Kier alpha value is -2.04. The summed E-state index contributed by atoms with van der Waals surface area (Å²) in [5.41, 5.74) is 1.25. The molecule has 2 aliphatic heterocycles. The molecule has 1 amide bonds. The van der Waals surface area contributed by atoms with Gasteiger partial charge in [-0.15, -0.1) is 0 Å². The second-order valence-corrected chi connectivity index (χ2v) is 5.84. The van der Waals surface area contributed by atoms with Gasteiger partial charge in [0.1, 0.15) is 6.10 Å². The number of hydrogen-bond acceptors (Lipinski definition) is 4. The second-order valence-electron chi connectivity index (χ2n) is 5.84. The quantitative estimate of drug-likeness (QED) is 0.784. The molecular formula is C17H21NO4. The van der Waals surface area contributed by atoms with E-state index in [1.165, 1.54) is 5.56 Å². The minimum Gasteiger partial charge on any atom is -0.458 e. The summed E-state index contributed by atoms with van der Waals surface area (Å²) in [5.74, 6) is -0.237. The number of carbonyl (C=O) groups is 2. The van der Waals surface area contributed by atoms with Crippen molar-refractivity contribution in [3.63, 3.8) is 0 Å². The SMILES string of the molecule is CC[C@H]1OC(=O)C[C@@H]2[C@@H]1OC(=O)N2CCCc1ccccc1. The molecule has 22 heavy (non-hydrogen) atoms. The Balaban J connectivity index is 1.61. The predicted octanol–water partition coefficient (Wildman–Crippen LogP) is 2.53. The molecule has 118 valence electrons. The lowest BCUT2D eigenvalue weighted by Crippen LogP contribution is -2.49. The highest BCUT2D eigenvalue weighted by Gasteiger charge is 2.50. The average Bonchev–Trinajstić information content (AvgIpc) is 2.84. The molecule has 2 saturated heterocycles. The van der Waals surface area contributed by atoms with Crippen molar-refractivity contribution in [1.82, 2.24) is 4.90 Å². The summed E-state index contributed by atoms with van der Waals surface area (Å²) in [7, 11) is 0. The van der Waals surface area contributed by atoms with Gasteiger partial charge in [-0.1, -0.05) is 37.3 Å². The average molecular weight is 303 g/mol. The fraction of sp³-hybridized carbons (Fsp3) is 0.529. The number of rotatable bonds is 5. The molecule has 0 N–H and O–H groups in total. The van der Waals surface area contributed by atoms with Gasteiger partial charge in [-0.2, -0.15) is 0 Å². The van der Waals surface area contributed by atoms with Gasteiger partial charge in [0.2, 0.25) is 0 Å². The number of esters is 1. The molecule has 0 bridgehead atoms. The Kier molecular flexibility index (Phi) is 4.32. The normalized spacial score (nSPS) is 27.3. The zero-order chi connectivity index (χ0) is 15.5. The molecule has 5 nitrogen and oxygen atoms in total. The van der Waals surface area contributed by atoms with Gasteiger partial charge in [0.25, 0.3) is 0 Å². The Morgan fingerprint density at radius 2 is 1.95 bits per heavy atom. The maximum absolute atomic E-state index is 12.1. The Labute approximate surface area is 130 Å². The lowest BCUT2D eigenvalue weighted by molar-refractivity contribution is -0.164. The van der Waals surface area contributed by atoms with Crippen molar-refractivity contribution >= 4 is 12.1 Å². The minimum absolute atomic E-state index is 0.172. The monoisotopic (exact) mass is 303 g/mol. The third-order valence-electron chi connectivity index (χ3n) is 4.39. The van der Waals surface area contributed by atoms with Gasteiger partial charge in [0, 0.05) is 6.54 Å². The molecule has 0 radical (unpaired) electrons. The van der Waals surface area contributed by atoms with Gasteiger partial charge in [-0.25, -0.2) is 4.79 Å². The number of carbonyl (C=O) groups excluding carboxylic acids is 2. The number of benzene rings is 1. The number of cyclic esters (lactones) is 1. The first-order valence-electron chi connectivity index (χ1n) is 7.89. The van der Waals surface area contributed by atoms with Gasteiger partial charge in [0.05, 0.1) is 12.5 Å². The third kappa shape index (κ3) is 2.93. The first-order valence-corrected chi connectivity index (χ1v) is 7.89. The van der Waals surface area contributed by atoms with Gasteiger partial charge in [-0.3, -0.25) is 4.79 Å². The third-order valence-corrected chi connectivity index (χ3v) is 4.39. The molecule has 3 atom stereocenters. The van der Waals surface area contributed by atoms with Crippen LogP contribution in [0.5, 0.6) is 0 Å². The van der Waals surface area contributed by atoms with E-state index >= 15 is 0 Å². The molecule has 0 unspecified atom stereocenters. The first-order chi connectivity index (χ1) is 10.7. The van der Waals surface area contributed by atoms with Gasteiger partial charge in [-0.05, 0) is 24.8 Å². The van der Waals surface area contributed by atoms with Crippen LogP contribution in [0.15, 0.2) is 30.3 Å². The molecule has 5 heteroatoms. The zero-order valence-corrected chi connectivity index (χ0v) is 12.7. The zero-order valence-electron chi connectivity index (χ0n) is 12.7. The topological polar surface area (TPSA) is 55.8 Å². The molecule has 3 rings (SSSR count). The van der Waals surface area contributed by atoms with E-state index in [2.05, 4.69) is 12.1 Å². The van der Waals surface area contributed by atoms with Crippen LogP contribution in [-0.4, -0.2) is 41.8 Å². The van der Waals surface area contributed by atoms with Crippen LogP contribution in [0.1, 0.15) is 31.7 Å². The van der Waals surface area contributed by atoms with E-state index in [9.17, 15) is 9.59 Å². The van der Waals surface area contributed by atoms with Gasteiger partial charge >= 0.3 is 12.1 Å². The summed E-state index contributed by atoms with van der Waals surface area (Å²) in [4.78, 5) is 25.5.